The lowest BCUT2D eigenvalue weighted by atomic mass is 10.1. The second kappa shape index (κ2) is 9.40. The lowest BCUT2D eigenvalue weighted by molar-refractivity contribution is -0.114. The van der Waals surface area contributed by atoms with E-state index in [9.17, 15) is 10.1 Å². The van der Waals surface area contributed by atoms with Crippen LogP contribution in [-0.4, -0.2) is 19.6 Å². The van der Waals surface area contributed by atoms with Crippen molar-refractivity contribution in [1.82, 2.24) is 0 Å². The van der Waals surface area contributed by atoms with Gasteiger partial charge in [-0.1, -0.05) is 54.1 Å². The highest BCUT2D eigenvalue weighted by molar-refractivity contribution is 6.12. The highest BCUT2D eigenvalue weighted by Gasteiger charge is 2.26. The molecular weight excluding hydrogens is 400 g/mol. The van der Waals surface area contributed by atoms with E-state index in [4.69, 9.17) is 9.47 Å². The SMILES string of the molecule is COc1cc(C=C(C#N)C(=O)N2CCc3ccccc32)ccc1OCc1cccc(C)c1. The Morgan fingerprint density at radius 1 is 1.09 bits per heavy atom. The van der Waals surface area contributed by atoms with Crippen LogP contribution in [0, 0.1) is 18.3 Å². The van der Waals surface area contributed by atoms with Crippen molar-refractivity contribution in [3.63, 3.8) is 0 Å². The lowest BCUT2D eigenvalue weighted by Crippen LogP contribution is -2.29. The molecule has 4 rings (SSSR count). The molecule has 0 radical (unpaired) electrons. The van der Waals surface area contributed by atoms with Crippen molar-refractivity contribution in [3.05, 3.63) is 94.6 Å². The Bertz CT molecular complexity index is 1220. The van der Waals surface area contributed by atoms with Gasteiger partial charge < -0.3 is 14.4 Å². The van der Waals surface area contributed by atoms with Gasteiger partial charge in [-0.25, -0.2) is 0 Å². The lowest BCUT2D eigenvalue weighted by Gasteiger charge is -2.16. The Morgan fingerprint density at radius 2 is 1.94 bits per heavy atom. The van der Waals surface area contributed by atoms with Gasteiger partial charge in [0.15, 0.2) is 11.5 Å². The molecule has 0 saturated heterocycles. The van der Waals surface area contributed by atoms with Gasteiger partial charge in [0.25, 0.3) is 5.91 Å². The van der Waals surface area contributed by atoms with Crippen LogP contribution in [0.25, 0.3) is 6.08 Å². The summed E-state index contributed by atoms with van der Waals surface area (Å²) in [6.45, 7) is 3.04. The van der Waals surface area contributed by atoms with E-state index < -0.39 is 0 Å². The summed E-state index contributed by atoms with van der Waals surface area (Å²) < 4.78 is 11.4. The van der Waals surface area contributed by atoms with Crippen molar-refractivity contribution < 1.29 is 14.3 Å². The zero-order valence-corrected chi connectivity index (χ0v) is 18.2. The standard InChI is InChI=1S/C27H24N2O3/c1-19-6-5-7-21(14-19)18-32-25-11-10-20(16-26(25)31-2)15-23(17-28)27(30)29-13-12-22-8-3-4-9-24(22)29/h3-11,14-16H,12-13,18H2,1-2H3. The molecule has 0 aromatic heterocycles. The minimum Gasteiger partial charge on any atom is -0.493 e. The molecule has 3 aromatic carbocycles. The molecule has 0 unspecified atom stereocenters. The summed E-state index contributed by atoms with van der Waals surface area (Å²) in [6.07, 6.45) is 2.39. The molecule has 1 amide bonds. The first-order valence-electron chi connectivity index (χ1n) is 10.5. The van der Waals surface area contributed by atoms with Crippen LogP contribution in [0.1, 0.15) is 22.3 Å². The summed E-state index contributed by atoms with van der Waals surface area (Å²) in [5, 5.41) is 9.66. The van der Waals surface area contributed by atoms with Gasteiger partial charge in [-0.05, 0) is 54.3 Å². The first kappa shape index (κ1) is 21.2. The van der Waals surface area contributed by atoms with Crippen LogP contribution in [0.2, 0.25) is 0 Å². The number of nitrogens with zero attached hydrogens (tertiary/aromatic N) is 2. The molecule has 1 heterocycles. The molecule has 0 spiro atoms. The van der Waals surface area contributed by atoms with E-state index in [0.717, 1.165) is 23.2 Å². The third-order valence-electron chi connectivity index (χ3n) is 5.46. The highest BCUT2D eigenvalue weighted by Crippen LogP contribution is 2.31. The number of hydrogen-bond donors (Lipinski definition) is 0. The maximum Gasteiger partial charge on any atom is 0.268 e. The van der Waals surface area contributed by atoms with E-state index in [2.05, 4.69) is 12.1 Å². The molecule has 1 aliphatic heterocycles. The summed E-state index contributed by atoms with van der Waals surface area (Å²) in [5.74, 6) is 0.850. The van der Waals surface area contributed by atoms with Crippen molar-refractivity contribution in [2.45, 2.75) is 20.0 Å². The predicted molar refractivity (Wildman–Crippen MR) is 125 cm³/mol. The fourth-order valence-electron chi connectivity index (χ4n) is 3.86. The van der Waals surface area contributed by atoms with Crippen LogP contribution in [0.15, 0.2) is 72.3 Å². The minimum absolute atomic E-state index is 0.0807. The maximum atomic E-state index is 13.0. The maximum absolute atomic E-state index is 13.0. The predicted octanol–water partition coefficient (Wildman–Crippen LogP) is 5.08. The van der Waals surface area contributed by atoms with E-state index in [-0.39, 0.29) is 11.5 Å². The molecule has 3 aromatic rings. The normalized spacial score (nSPS) is 12.8. The van der Waals surface area contributed by atoms with Crippen LogP contribution >= 0.6 is 0 Å². The molecule has 0 bridgehead atoms. The van der Waals surface area contributed by atoms with Gasteiger partial charge in [-0.2, -0.15) is 5.26 Å². The van der Waals surface area contributed by atoms with Crippen molar-refractivity contribution in [2.75, 3.05) is 18.6 Å². The van der Waals surface area contributed by atoms with Crippen LogP contribution in [0.3, 0.4) is 0 Å². The summed E-state index contributed by atoms with van der Waals surface area (Å²) in [4.78, 5) is 14.7. The third-order valence-corrected chi connectivity index (χ3v) is 5.46. The number of rotatable bonds is 6. The molecule has 5 heteroatoms. The number of aryl methyl sites for hydroxylation is 1. The number of methoxy groups -OCH3 is 1. The first-order valence-corrected chi connectivity index (χ1v) is 10.5. The van der Waals surface area contributed by atoms with Crippen molar-refractivity contribution >= 4 is 17.7 Å². The van der Waals surface area contributed by atoms with Gasteiger partial charge in [0.1, 0.15) is 18.2 Å². The van der Waals surface area contributed by atoms with Gasteiger partial charge >= 0.3 is 0 Å². The quantitative estimate of drug-likeness (QED) is 0.409. The van der Waals surface area contributed by atoms with Crippen molar-refractivity contribution in [3.8, 4) is 17.6 Å². The Balaban J connectivity index is 1.53. The first-order chi connectivity index (χ1) is 15.6. The van der Waals surface area contributed by atoms with E-state index in [1.807, 2.05) is 55.5 Å². The number of amides is 1. The Morgan fingerprint density at radius 3 is 2.72 bits per heavy atom. The number of benzene rings is 3. The fraction of sp³-hybridized carbons (Fsp3) is 0.185. The van der Waals surface area contributed by atoms with Crippen molar-refractivity contribution in [1.29, 1.82) is 5.26 Å². The number of ether oxygens (including phenoxy) is 2. The van der Waals surface area contributed by atoms with E-state index in [1.54, 1.807) is 30.2 Å². The Hall–Kier alpha value is -4.04. The zero-order valence-electron chi connectivity index (χ0n) is 18.2. The van der Waals surface area contributed by atoms with Gasteiger partial charge in [0, 0.05) is 12.2 Å². The third kappa shape index (κ3) is 4.50. The summed E-state index contributed by atoms with van der Waals surface area (Å²) in [7, 11) is 1.57. The van der Waals surface area contributed by atoms with Crippen LogP contribution < -0.4 is 14.4 Å². The molecule has 0 atom stereocenters. The van der Waals surface area contributed by atoms with Gasteiger partial charge in [-0.15, -0.1) is 0 Å². The average molecular weight is 425 g/mol. The van der Waals surface area contributed by atoms with E-state index >= 15 is 0 Å². The topological polar surface area (TPSA) is 62.6 Å². The molecule has 32 heavy (non-hydrogen) atoms. The zero-order chi connectivity index (χ0) is 22.5. The number of carbonyl (C=O) groups excluding carboxylic acids is 1. The molecular formula is C27H24N2O3. The number of anilines is 1. The molecule has 0 aliphatic carbocycles. The Labute approximate surface area is 188 Å². The monoisotopic (exact) mass is 424 g/mol. The highest BCUT2D eigenvalue weighted by atomic mass is 16.5. The van der Waals surface area contributed by atoms with Gasteiger partial charge in [0.2, 0.25) is 0 Å². The van der Waals surface area contributed by atoms with Crippen LogP contribution in [0.4, 0.5) is 5.69 Å². The fourth-order valence-corrected chi connectivity index (χ4v) is 3.86. The van der Waals surface area contributed by atoms with Crippen LogP contribution in [-0.2, 0) is 17.8 Å². The van der Waals surface area contributed by atoms with Crippen LogP contribution in [0.5, 0.6) is 11.5 Å². The van der Waals surface area contributed by atoms with Gasteiger partial charge in [0.05, 0.1) is 7.11 Å². The molecule has 0 N–H and O–H groups in total. The summed E-state index contributed by atoms with van der Waals surface area (Å²) >= 11 is 0. The smallest absolute Gasteiger partial charge is 0.268 e. The number of carbonyl (C=O) groups is 1. The number of para-hydroxylation sites is 1. The largest absolute Gasteiger partial charge is 0.493 e. The van der Waals surface area contributed by atoms with E-state index in [0.29, 0.717) is 30.2 Å². The second-order valence-corrected chi connectivity index (χ2v) is 7.69. The average Bonchev–Trinajstić information content (AvgIpc) is 3.25. The van der Waals surface area contributed by atoms with Crippen molar-refractivity contribution in [2.24, 2.45) is 0 Å². The minimum atomic E-state index is -0.295. The summed E-state index contributed by atoms with van der Waals surface area (Å²) in [6, 6.07) is 23.4. The number of nitriles is 1. The van der Waals surface area contributed by atoms with Gasteiger partial charge in [-0.3, -0.25) is 4.79 Å². The molecule has 5 nitrogen and oxygen atoms in total. The number of fused-ring (bicyclic) bond motifs is 1. The summed E-state index contributed by atoms with van der Waals surface area (Å²) in [5.41, 5.74) is 5.01. The second-order valence-electron chi connectivity index (χ2n) is 7.69. The number of hydrogen-bond acceptors (Lipinski definition) is 4. The Kier molecular flexibility index (Phi) is 6.23. The van der Waals surface area contributed by atoms with E-state index in [1.165, 1.54) is 5.56 Å². The molecule has 0 fully saturated rings. The molecule has 160 valence electrons. The molecule has 0 saturated carbocycles. The molecule has 1 aliphatic rings.